The number of carbonyl (C=O) groups is 2. The summed E-state index contributed by atoms with van der Waals surface area (Å²) in [5.41, 5.74) is 0. The van der Waals surface area contributed by atoms with E-state index in [-0.39, 0.29) is 23.8 Å². The molecule has 2 unspecified atom stereocenters. The molecule has 3 rings (SSSR count). The monoisotopic (exact) mass is 251 g/mol. The number of nitrogens with one attached hydrogen (secondary N) is 1. The molecule has 0 bridgehead atoms. The molecule has 0 aromatic rings. The lowest BCUT2D eigenvalue weighted by atomic mass is 9.86. The van der Waals surface area contributed by atoms with Crippen LogP contribution in [0, 0.1) is 23.7 Å². The molecule has 0 aromatic heterocycles. The van der Waals surface area contributed by atoms with E-state index in [1.54, 1.807) is 0 Å². The number of aliphatic carboxylic acids is 1. The lowest BCUT2D eigenvalue weighted by Crippen LogP contribution is -2.39. The summed E-state index contributed by atoms with van der Waals surface area (Å²) in [6.07, 6.45) is 6.78. The highest BCUT2D eigenvalue weighted by Crippen LogP contribution is 2.54. The Morgan fingerprint density at radius 1 is 1.00 bits per heavy atom. The fourth-order valence-corrected chi connectivity index (χ4v) is 3.35. The van der Waals surface area contributed by atoms with Crippen LogP contribution < -0.4 is 5.32 Å². The van der Waals surface area contributed by atoms with E-state index in [2.05, 4.69) is 5.32 Å². The van der Waals surface area contributed by atoms with Crippen LogP contribution in [0.3, 0.4) is 0 Å². The number of carboxylic acid groups (broad SMARTS) is 1. The number of amides is 1. The highest BCUT2D eigenvalue weighted by Gasteiger charge is 2.51. The van der Waals surface area contributed by atoms with Gasteiger partial charge >= 0.3 is 5.97 Å². The first kappa shape index (κ1) is 12.0. The molecule has 0 saturated heterocycles. The molecule has 3 aliphatic carbocycles. The molecule has 100 valence electrons. The Morgan fingerprint density at radius 3 is 2.22 bits per heavy atom. The van der Waals surface area contributed by atoms with Gasteiger partial charge in [-0.25, -0.2) is 0 Å². The molecule has 0 aromatic carbocycles. The zero-order valence-electron chi connectivity index (χ0n) is 10.6. The highest BCUT2D eigenvalue weighted by molar-refractivity contribution is 5.82. The summed E-state index contributed by atoms with van der Waals surface area (Å²) in [6.45, 7) is 0. The maximum absolute atomic E-state index is 12.0. The molecule has 2 N–H and O–H groups in total. The predicted molar refractivity (Wildman–Crippen MR) is 65.8 cm³/mol. The third-order valence-electron chi connectivity index (χ3n) is 4.83. The summed E-state index contributed by atoms with van der Waals surface area (Å²) in [6, 6.07) is 0.216. The number of carbonyl (C=O) groups excluding carboxylic acids is 1. The van der Waals surface area contributed by atoms with Crippen LogP contribution in [0.4, 0.5) is 0 Å². The van der Waals surface area contributed by atoms with Crippen molar-refractivity contribution in [3.8, 4) is 0 Å². The van der Waals surface area contributed by atoms with E-state index in [4.69, 9.17) is 5.11 Å². The number of rotatable bonds is 4. The molecule has 0 aliphatic heterocycles. The van der Waals surface area contributed by atoms with Crippen LogP contribution in [-0.2, 0) is 9.59 Å². The van der Waals surface area contributed by atoms with Gasteiger partial charge in [0.05, 0.1) is 5.92 Å². The molecule has 4 heteroatoms. The Morgan fingerprint density at radius 2 is 1.67 bits per heavy atom. The third-order valence-corrected chi connectivity index (χ3v) is 4.83. The Labute approximate surface area is 107 Å². The molecule has 2 atom stereocenters. The summed E-state index contributed by atoms with van der Waals surface area (Å²) >= 11 is 0. The van der Waals surface area contributed by atoms with Crippen molar-refractivity contribution in [2.45, 2.75) is 51.0 Å². The lowest BCUT2D eigenvalue weighted by Gasteiger charge is -2.26. The minimum atomic E-state index is -0.684. The van der Waals surface area contributed by atoms with Crippen LogP contribution in [-0.4, -0.2) is 23.0 Å². The van der Waals surface area contributed by atoms with Gasteiger partial charge in [0.15, 0.2) is 0 Å². The van der Waals surface area contributed by atoms with Crippen LogP contribution in [0.25, 0.3) is 0 Å². The van der Waals surface area contributed by atoms with Gasteiger partial charge in [-0.15, -0.1) is 0 Å². The van der Waals surface area contributed by atoms with Crippen molar-refractivity contribution in [2.75, 3.05) is 0 Å². The molecule has 0 radical (unpaired) electrons. The van der Waals surface area contributed by atoms with Gasteiger partial charge in [0.2, 0.25) is 5.91 Å². The van der Waals surface area contributed by atoms with Crippen LogP contribution in [0.2, 0.25) is 0 Å². The second-order valence-electron chi connectivity index (χ2n) is 6.24. The van der Waals surface area contributed by atoms with Crippen molar-refractivity contribution in [3.63, 3.8) is 0 Å². The average Bonchev–Trinajstić information content (AvgIpc) is 3.20. The van der Waals surface area contributed by atoms with Gasteiger partial charge in [-0.2, -0.15) is 0 Å². The number of hydrogen-bond donors (Lipinski definition) is 2. The minimum absolute atomic E-state index is 0.196. The van der Waals surface area contributed by atoms with Crippen molar-refractivity contribution < 1.29 is 14.7 Å². The minimum Gasteiger partial charge on any atom is -0.481 e. The zero-order chi connectivity index (χ0) is 12.7. The first-order valence-corrected chi connectivity index (χ1v) is 7.18. The van der Waals surface area contributed by atoms with E-state index >= 15 is 0 Å². The van der Waals surface area contributed by atoms with Crippen molar-refractivity contribution in [2.24, 2.45) is 23.7 Å². The molecule has 3 fully saturated rings. The van der Waals surface area contributed by atoms with Gasteiger partial charge in [0.25, 0.3) is 0 Å². The predicted octanol–water partition coefficient (Wildman–Crippen LogP) is 1.79. The van der Waals surface area contributed by atoms with Gasteiger partial charge in [0.1, 0.15) is 0 Å². The summed E-state index contributed by atoms with van der Waals surface area (Å²) in [5, 5.41) is 12.0. The second kappa shape index (κ2) is 4.56. The molecule has 4 nitrogen and oxygen atoms in total. The Balaban J connectivity index is 1.41. The van der Waals surface area contributed by atoms with Gasteiger partial charge in [-0.3, -0.25) is 9.59 Å². The van der Waals surface area contributed by atoms with E-state index in [1.165, 1.54) is 12.8 Å². The van der Waals surface area contributed by atoms with Crippen LogP contribution in [0.5, 0.6) is 0 Å². The van der Waals surface area contributed by atoms with Crippen LogP contribution in [0.15, 0.2) is 0 Å². The topological polar surface area (TPSA) is 66.4 Å². The summed E-state index contributed by atoms with van der Waals surface area (Å²) < 4.78 is 0. The normalized spacial score (nSPS) is 39.1. The van der Waals surface area contributed by atoms with E-state index in [1.807, 2.05) is 0 Å². The van der Waals surface area contributed by atoms with Crippen molar-refractivity contribution in [3.05, 3.63) is 0 Å². The molecule has 0 spiro atoms. The van der Waals surface area contributed by atoms with Gasteiger partial charge in [0, 0.05) is 12.0 Å². The SMILES string of the molecule is O=C(O)C1CCC(NC(=O)C2CC2C2CC2)CC1. The maximum atomic E-state index is 12.0. The largest absolute Gasteiger partial charge is 0.481 e. The standard InChI is InChI=1S/C14H21NO3/c16-13(12-7-11(12)8-1-2-8)15-10-5-3-9(4-6-10)14(17)18/h8-12H,1-7H2,(H,15,16)(H,17,18). The van der Waals surface area contributed by atoms with E-state index in [0.717, 1.165) is 25.2 Å². The fourth-order valence-electron chi connectivity index (χ4n) is 3.35. The van der Waals surface area contributed by atoms with Crippen molar-refractivity contribution in [1.82, 2.24) is 5.32 Å². The van der Waals surface area contributed by atoms with Crippen molar-refractivity contribution in [1.29, 1.82) is 0 Å². The Bertz CT molecular complexity index is 356. The molecule has 18 heavy (non-hydrogen) atoms. The van der Waals surface area contributed by atoms with Gasteiger partial charge in [-0.05, 0) is 56.8 Å². The number of carboxylic acids is 1. The Kier molecular flexibility index (Phi) is 3.04. The molecule has 3 aliphatic rings. The average molecular weight is 251 g/mol. The molecular weight excluding hydrogens is 230 g/mol. The quantitative estimate of drug-likeness (QED) is 0.800. The number of hydrogen-bond acceptors (Lipinski definition) is 2. The van der Waals surface area contributed by atoms with Crippen molar-refractivity contribution >= 4 is 11.9 Å². The third kappa shape index (κ3) is 2.52. The Hall–Kier alpha value is -1.06. The first-order valence-electron chi connectivity index (χ1n) is 7.18. The van der Waals surface area contributed by atoms with Gasteiger partial charge in [-0.1, -0.05) is 0 Å². The molecule has 0 heterocycles. The first-order chi connectivity index (χ1) is 8.65. The van der Waals surface area contributed by atoms with E-state index < -0.39 is 5.97 Å². The summed E-state index contributed by atoms with van der Waals surface area (Å²) in [4.78, 5) is 22.8. The van der Waals surface area contributed by atoms with Crippen LogP contribution in [0.1, 0.15) is 44.9 Å². The summed E-state index contributed by atoms with van der Waals surface area (Å²) in [7, 11) is 0. The van der Waals surface area contributed by atoms with Crippen LogP contribution >= 0.6 is 0 Å². The molecular formula is C14H21NO3. The fraction of sp³-hybridized carbons (Fsp3) is 0.857. The van der Waals surface area contributed by atoms with E-state index in [9.17, 15) is 9.59 Å². The van der Waals surface area contributed by atoms with E-state index in [0.29, 0.717) is 18.8 Å². The van der Waals surface area contributed by atoms with Gasteiger partial charge < -0.3 is 10.4 Å². The molecule has 1 amide bonds. The smallest absolute Gasteiger partial charge is 0.306 e. The maximum Gasteiger partial charge on any atom is 0.306 e. The lowest BCUT2D eigenvalue weighted by molar-refractivity contribution is -0.142. The molecule has 3 saturated carbocycles. The highest BCUT2D eigenvalue weighted by atomic mass is 16.4. The second-order valence-corrected chi connectivity index (χ2v) is 6.24. The zero-order valence-corrected chi connectivity index (χ0v) is 10.6. The summed E-state index contributed by atoms with van der Waals surface area (Å²) in [5.74, 6) is 1.12.